The van der Waals surface area contributed by atoms with Gasteiger partial charge in [-0.05, 0) is 44.1 Å². The highest BCUT2D eigenvalue weighted by atomic mass is 16.7. The molecule has 1 fully saturated rings. The fourth-order valence-electron chi connectivity index (χ4n) is 4.09. The molecule has 2 rings (SSSR count). The lowest BCUT2D eigenvalue weighted by atomic mass is 9.66. The van der Waals surface area contributed by atoms with Gasteiger partial charge in [-0.15, -0.1) is 0 Å². The van der Waals surface area contributed by atoms with E-state index in [2.05, 4.69) is 13.8 Å². The first-order chi connectivity index (χ1) is 12.1. The monoisotopic (exact) mass is 372 g/mol. The number of ether oxygens (including phenoxy) is 2. The Balaban J connectivity index is 1.93. The molecule has 0 aromatic rings. The number of carbonyl (C=O) groups excluding carboxylic acids is 1. The summed E-state index contributed by atoms with van der Waals surface area (Å²) in [5.74, 6) is 0.426. The van der Waals surface area contributed by atoms with Crippen molar-refractivity contribution in [2.75, 3.05) is 6.61 Å². The summed E-state index contributed by atoms with van der Waals surface area (Å²) in [6.07, 6.45) is -2.82. The fourth-order valence-corrected chi connectivity index (χ4v) is 4.09. The molecule has 0 amide bonds. The lowest BCUT2D eigenvalue weighted by Crippen LogP contribution is -2.59. The number of hydrogen-bond donors (Lipinski definition) is 4. The molecule has 150 valence electrons. The summed E-state index contributed by atoms with van der Waals surface area (Å²) in [6.45, 7) is 7.53. The second kappa shape index (κ2) is 8.46. The molecule has 0 saturated carbocycles. The molecule has 1 heterocycles. The van der Waals surface area contributed by atoms with Gasteiger partial charge in [-0.2, -0.15) is 0 Å². The first kappa shape index (κ1) is 21.5. The summed E-state index contributed by atoms with van der Waals surface area (Å²) < 4.78 is 11.1. The first-order valence-electron chi connectivity index (χ1n) is 9.23. The Kier molecular flexibility index (Phi) is 6.98. The molecule has 26 heavy (non-hydrogen) atoms. The van der Waals surface area contributed by atoms with E-state index in [0.717, 1.165) is 12.0 Å². The summed E-state index contributed by atoms with van der Waals surface area (Å²) in [5.41, 5.74) is 0.963. The van der Waals surface area contributed by atoms with E-state index in [1.165, 1.54) is 0 Å². The molecule has 0 bridgehead atoms. The van der Waals surface area contributed by atoms with Crippen LogP contribution in [-0.4, -0.2) is 69.6 Å². The Labute approximate surface area is 154 Å². The van der Waals surface area contributed by atoms with Gasteiger partial charge in [-0.3, -0.25) is 4.79 Å². The number of allylic oxidation sites excluding steroid dienone is 2. The SMILES string of the molecule is CC1=CC(=O)CC(C)(C)[C@H]1CC[C@H](C)O[C@H]1O[C@@H](CO)[C@H](O)[C@@H](O)[C@@H]1O. The zero-order valence-corrected chi connectivity index (χ0v) is 16.0. The number of aliphatic hydroxyl groups excluding tert-OH is 4. The molecule has 0 unspecified atom stereocenters. The lowest BCUT2D eigenvalue weighted by molar-refractivity contribution is -0.310. The fraction of sp³-hybridized carbons (Fsp3) is 0.842. The molecule has 4 N–H and O–H groups in total. The van der Waals surface area contributed by atoms with E-state index >= 15 is 0 Å². The van der Waals surface area contributed by atoms with Gasteiger partial charge in [0.05, 0.1) is 12.7 Å². The summed E-state index contributed by atoms with van der Waals surface area (Å²) in [6, 6.07) is 0. The lowest BCUT2D eigenvalue weighted by Gasteiger charge is -2.41. The Morgan fingerprint density at radius 2 is 1.92 bits per heavy atom. The Hall–Kier alpha value is -0.830. The average molecular weight is 372 g/mol. The van der Waals surface area contributed by atoms with Crippen LogP contribution in [0.25, 0.3) is 0 Å². The van der Waals surface area contributed by atoms with E-state index < -0.39 is 37.3 Å². The third kappa shape index (κ3) is 4.71. The second-order valence-electron chi connectivity index (χ2n) is 8.29. The van der Waals surface area contributed by atoms with Crippen molar-refractivity contribution in [3.8, 4) is 0 Å². The van der Waals surface area contributed by atoms with Gasteiger partial charge in [0, 0.05) is 6.42 Å². The van der Waals surface area contributed by atoms with Crippen molar-refractivity contribution in [2.24, 2.45) is 11.3 Å². The van der Waals surface area contributed by atoms with Gasteiger partial charge in [0.1, 0.15) is 24.4 Å². The third-order valence-electron chi connectivity index (χ3n) is 5.59. The predicted octanol–water partition coefficient (Wildman–Crippen LogP) is 0.533. The molecule has 1 aliphatic heterocycles. The highest BCUT2D eigenvalue weighted by molar-refractivity contribution is 5.91. The molecule has 1 saturated heterocycles. The third-order valence-corrected chi connectivity index (χ3v) is 5.59. The van der Waals surface area contributed by atoms with Crippen LogP contribution in [-0.2, 0) is 14.3 Å². The van der Waals surface area contributed by atoms with Crippen molar-refractivity contribution in [1.82, 2.24) is 0 Å². The first-order valence-corrected chi connectivity index (χ1v) is 9.23. The summed E-state index contributed by atoms with van der Waals surface area (Å²) in [7, 11) is 0. The van der Waals surface area contributed by atoms with E-state index in [4.69, 9.17) is 9.47 Å². The predicted molar refractivity (Wildman–Crippen MR) is 94.2 cm³/mol. The standard InChI is InChI=1S/C19H32O7/c1-10-7-12(21)8-19(3,4)13(10)6-5-11(2)25-18-17(24)16(23)15(22)14(9-20)26-18/h7,11,13-18,20,22-24H,5-6,8-9H2,1-4H3/t11-,13-,14-,15-,16+,17-,18-/m0/s1. The average Bonchev–Trinajstić information content (AvgIpc) is 2.53. The van der Waals surface area contributed by atoms with Crippen molar-refractivity contribution in [2.45, 2.75) is 83.8 Å². The molecular weight excluding hydrogens is 340 g/mol. The topological polar surface area (TPSA) is 116 Å². The molecule has 0 spiro atoms. The van der Waals surface area contributed by atoms with Crippen LogP contribution in [0.2, 0.25) is 0 Å². The highest BCUT2D eigenvalue weighted by Gasteiger charge is 2.44. The van der Waals surface area contributed by atoms with Crippen LogP contribution in [0, 0.1) is 11.3 Å². The van der Waals surface area contributed by atoms with Crippen LogP contribution < -0.4 is 0 Å². The molecule has 7 nitrogen and oxygen atoms in total. The highest BCUT2D eigenvalue weighted by Crippen LogP contribution is 2.42. The van der Waals surface area contributed by atoms with Crippen molar-refractivity contribution in [3.63, 3.8) is 0 Å². The van der Waals surface area contributed by atoms with Crippen molar-refractivity contribution in [1.29, 1.82) is 0 Å². The molecule has 2 aliphatic rings. The van der Waals surface area contributed by atoms with Crippen LogP contribution in [0.3, 0.4) is 0 Å². The number of carbonyl (C=O) groups is 1. The van der Waals surface area contributed by atoms with E-state index in [0.29, 0.717) is 12.8 Å². The summed E-state index contributed by atoms with van der Waals surface area (Å²) in [4.78, 5) is 11.8. The largest absolute Gasteiger partial charge is 0.394 e. The molecule has 7 atom stereocenters. The van der Waals surface area contributed by atoms with E-state index in [1.54, 1.807) is 6.08 Å². The van der Waals surface area contributed by atoms with Gasteiger partial charge < -0.3 is 29.9 Å². The van der Waals surface area contributed by atoms with Crippen LogP contribution in [0.5, 0.6) is 0 Å². The number of hydrogen-bond acceptors (Lipinski definition) is 7. The zero-order chi connectivity index (χ0) is 19.6. The molecular formula is C19H32O7. The molecule has 0 aromatic carbocycles. The van der Waals surface area contributed by atoms with Crippen LogP contribution >= 0.6 is 0 Å². The van der Waals surface area contributed by atoms with E-state index in [1.807, 2.05) is 13.8 Å². The maximum Gasteiger partial charge on any atom is 0.186 e. The minimum atomic E-state index is -1.44. The van der Waals surface area contributed by atoms with Crippen LogP contribution in [0.1, 0.15) is 47.0 Å². The summed E-state index contributed by atoms with van der Waals surface area (Å²) in [5, 5.41) is 38.9. The van der Waals surface area contributed by atoms with Gasteiger partial charge in [-0.1, -0.05) is 19.4 Å². The van der Waals surface area contributed by atoms with E-state index in [9.17, 15) is 25.2 Å². The number of ketones is 1. The second-order valence-corrected chi connectivity index (χ2v) is 8.29. The molecule has 1 aliphatic carbocycles. The van der Waals surface area contributed by atoms with Gasteiger partial charge in [0.25, 0.3) is 0 Å². The molecule has 0 radical (unpaired) electrons. The summed E-state index contributed by atoms with van der Waals surface area (Å²) >= 11 is 0. The minimum Gasteiger partial charge on any atom is -0.394 e. The van der Waals surface area contributed by atoms with Crippen LogP contribution in [0.4, 0.5) is 0 Å². The molecule has 7 heteroatoms. The van der Waals surface area contributed by atoms with Gasteiger partial charge in [0.2, 0.25) is 0 Å². The van der Waals surface area contributed by atoms with Gasteiger partial charge >= 0.3 is 0 Å². The zero-order valence-electron chi connectivity index (χ0n) is 16.0. The molecule has 0 aromatic heterocycles. The van der Waals surface area contributed by atoms with E-state index in [-0.39, 0.29) is 23.2 Å². The number of rotatable bonds is 6. The normalized spacial score (nSPS) is 38.8. The van der Waals surface area contributed by atoms with Crippen molar-refractivity contribution >= 4 is 5.78 Å². The maximum absolute atomic E-state index is 11.8. The van der Waals surface area contributed by atoms with Gasteiger partial charge in [-0.25, -0.2) is 0 Å². The minimum absolute atomic E-state index is 0.112. The van der Waals surface area contributed by atoms with Gasteiger partial charge in [0.15, 0.2) is 12.1 Å². The number of aliphatic hydroxyl groups is 4. The van der Waals surface area contributed by atoms with Crippen molar-refractivity contribution < 1.29 is 34.7 Å². The smallest absolute Gasteiger partial charge is 0.186 e. The Morgan fingerprint density at radius 3 is 2.50 bits per heavy atom. The maximum atomic E-state index is 11.8. The van der Waals surface area contributed by atoms with Crippen molar-refractivity contribution in [3.05, 3.63) is 11.6 Å². The quantitative estimate of drug-likeness (QED) is 0.537. The Bertz CT molecular complexity index is 528. The Morgan fingerprint density at radius 1 is 1.27 bits per heavy atom. The van der Waals surface area contributed by atoms with Crippen LogP contribution in [0.15, 0.2) is 11.6 Å².